The number of benzene rings is 1. The summed E-state index contributed by atoms with van der Waals surface area (Å²) in [5.74, 6) is -0.249. The Morgan fingerprint density at radius 1 is 1.53 bits per heavy atom. The number of hydrogen-bond donors (Lipinski definition) is 1. The number of nitrogens with zero attached hydrogens (tertiary/aromatic N) is 2. The maximum Gasteiger partial charge on any atom is 0.269 e. The van der Waals surface area contributed by atoms with Crippen molar-refractivity contribution < 1.29 is 4.79 Å². The van der Waals surface area contributed by atoms with Gasteiger partial charge in [-0.05, 0) is 52.1 Å². The van der Waals surface area contributed by atoms with Crippen molar-refractivity contribution >= 4 is 50.7 Å². The standard InChI is InChI=1S/C10H7BrClN3OS/c1-5-2-6(11)8(3-7(5)12)14-10(16)9-4-13-15-17-9/h2-4H,1H3,(H,14,16). The molecule has 4 nitrogen and oxygen atoms in total. The van der Waals surface area contributed by atoms with Crippen LogP contribution in [-0.2, 0) is 0 Å². The number of carbonyl (C=O) groups is 1. The van der Waals surface area contributed by atoms with Gasteiger partial charge < -0.3 is 5.32 Å². The topological polar surface area (TPSA) is 54.9 Å². The molecule has 0 aliphatic rings. The van der Waals surface area contributed by atoms with Crippen LogP contribution in [0.2, 0.25) is 5.02 Å². The number of rotatable bonds is 2. The molecule has 0 spiro atoms. The molecule has 2 aromatic rings. The first-order valence-electron chi connectivity index (χ1n) is 4.62. The number of anilines is 1. The van der Waals surface area contributed by atoms with E-state index in [1.807, 2.05) is 13.0 Å². The van der Waals surface area contributed by atoms with E-state index in [0.717, 1.165) is 21.6 Å². The van der Waals surface area contributed by atoms with Gasteiger partial charge in [0.25, 0.3) is 5.91 Å². The molecule has 0 aliphatic carbocycles. The van der Waals surface area contributed by atoms with Gasteiger partial charge in [-0.25, -0.2) is 0 Å². The third-order valence-corrected chi connectivity index (χ3v) is 3.81. The minimum atomic E-state index is -0.249. The van der Waals surface area contributed by atoms with Crippen LogP contribution >= 0.6 is 39.1 Å². The molecule has 0 saturated heterocycles. The minimum absolute atomic E-state index is 0.249. The van der Waals surface area contributed by atoms with E-state index in [-0.39, 0.29) is 5.91 Å². The van der Waals surface area contributed by atoms with Gasteiger partial charge in [-0.3, -0.25) is 4.79 Å². The molecule has 1 aromatic carbocycles. The average molecular weight is 333 g/mol. The van der Waals surface area contributed by atoms with Gasteiger partial charge in [0.05, 0.1) is 11.9 Å². The van der Waals surface area contributed by atoms with E-state index >= 15 is 0 Å². The van der Waals surface area contributed by atoms with Gasteiger partial charge in [-0.1, -0.05) is 16.1 Å². The van der Waals surface area contributed by atoms with Crippen LogP contribution in [0.15, 0.2) is 22.8 Å². The Hall–Kier alpha value is -0.980. The Morgan fingerprint density at radius 2 is 2.29 bits per heavy atom. The fraction of sp³-hybridized carbons (Fsp3) is 0.100. The third kappa shape index (κ3) is 2.83. The number of aryl methyl sites for hydroxylation is 1. The lowest BCUT2D eigenvalue weighted by atomic mass is 10.2. The zero-order chi connectivity index (χ0) is 12.4. The van der Waals surface area contributed by atoms with E-state index in [0.29, 0.717) is 15.6 Å². The van der Waals surface area contributed by atoms with Crippen LogP contribution in [-0.4, -0.2) is 15.5 Å². The van der Waals surface area contributed by atoms with E-state index in [9.17, 15) is 4.79 Å². The fourth-order valence-corrected chi connectivity index (χ4v) is 2.32. The highest BCUT2D eigenvalue weighted by Gasteiger charge is 2.11. The van der Waals surface area contributed by atoms with Crippen molar-refractivity contribution in [2.75, 3.05) is 5.32 Å². The van der Waals surface area contributed by atoms with Gasteiger partial charge in [0.1, 0.15) is 4.88 Å². The predicted octanol–water partition coefficient (Wildman–Crippen LogP) is 3.51. The molecule has 0 aliphatic heterocycles. The Kier molecular flexibility index (Phi) is 3.76. The van der Waals surface area contributed by atoms with Crippen molar-refractivity contribution in [1.82, 2.24) is 9.59 Å². The van der Waals surface area contributed by atoms with Crippen molar-refractivity contribution in [3.05, 3.63) is 38.3 Å². The molecule has 0 saturated carbocycles. The van der Waals surface area contributed by atoms with Gasteiger partial charge in [-0.15, -0.1) is 5.10 Å². The molecule has 0 fully saturated rings. The molecule has 0 bridgehead atoms. The van der Waals surface area contributed by atoms with Crippen LogP contribution in [0.25, 0.3) is 0 Å². The largest absolute Gasteiger partial charge is 0.320 e. The lowest BCUT2D eigenvalue weighted by molar-refractivity contribution is 0.103. The molecule has 1 N–H and O–H groups in total. The smallest absolute Gasteiger partial charge is 0.269 e. The van der Waals surface area contributed by atoms with Gasteiger partial charge in [0.2, 0.25) is 0 Å². The monoisotopic (exact) mass is 331 g/mol. The second kappa shape index (κ2) is 5.12. The molecule has 17 heavy (non-hydrogen) atoms. The van der Waals surface area contributed by atoms with Gasteiger partial charge in [0.15, 0.2) is 0 Å². The number of amides is 1. The normalized spacial score (nSPS) is 10.3. The maximum absolute atomic E-state index is 11.8. The average Bonchev–Trinajstić information content (AvgIpc) is 2.79. The van der Waals surface area contributed by atoms with Crippen LogP contribution in [0.3, 0.4) is 0 Å². The molecule has 1 amide bonds. The number of nitrogens with one attached hydrogen (secondary N) is 1. The van der Waals surface area contributed by atoms with Crippen LogP contribution < -0.4 is 5.32 Å². The second-order valence-corrected chi connectivity index (χ2v) is 5.36. The predicted molar refractivity (Wildman–Crippen MR) is 71.8 cm³/mol. The minimum Gasteiger partial charge on any atom is -0.320 e. The Morgan fingerprint density at radius 3 is 2.94 bits per heavy atom. The zero-order valence-electron chi connectivity index (χ0n) is 8.70. The molecular weight excluding hydrogens is 326 g/mol. The number of halogens is 2. The van der Waals surface area contributed by atoms with Crippen molar-refractivity contribution in [2.24, 2.45) is 0 Å². The summed E-state index contributed by atoms with van der Waals surface area (Å²) in [7, 11) is 0. The summed E-state index contributed by atoms with van der Waals surface area (Å²) in [5, 5.41) is 6.95. The summed E-state index contributed by atoms with van der Waals surface area (Å²) in [6.07, 6.45) is 1.42. The second-order valence-electron chi connectivity index (χ2n) is 3.32. The number of hydrogen-bond acceptors (Lipinski definition) is 4. The summed E-state index contributed by atoms with van der Waals surface area (Å²) >= 11 is 10.4. The lowest BCUT2D eigenvalue weighted by Crippen LogP contribution is -2.10. The van der Waals surface area contributed by atoms with Gasteiger partial charge in [0, 0.05) is 9.50 Å². The van der Waals surface area contributed by atoms with E-state index < -0.39 is 0 Å². The highest BCUT2D eigenvalue weighted by atomic mass is 79.9. The summed E-state index contributed by atoms with van der Waals surface area (Å²) in [6.45, 7) is 1.89. The Bertz CT molecular complexity index is 559. The molecule has 7 heteroatoms. The number of carbonyl (C=O) groups excluding carboxylic acids is 1. The summed E-state index contributed by atoms with van der Waals surface area (Å²) < 4.78 is 4.41. The molecule has 88 valence electrons. The van der Waals surface area contributed by atoms with Crippen LogP contribution in [0.5, 0.6) is 0 Å². The van der Waals surface area contributed by atoms with Crippen LogP contribution in [0.1, 0.15) is 15.2 Å². The summed E-state index contributed by atoms with van der Waals surface area (Å²) in [5.41, 5.74) is 1.56. The zero-order valence-corrected chi connectivity index (χ0v) is 11.9. The molecule has 0 radical (unpaired) electrons. The number of aromatic nitrogens is 2. The molecule has 0 unspecified atom stereocenters. The summed E-state index contributed by atoms with van der Waals surface area (Å²) in [4.78, 5) is 12.2. The first-order chi connectivity index (χ1) is 8.08. The van der Waals surface area contributed by atoms with E-state index in [1.54, 1.807) is 6.07 Å². The lowest BCUT2D eigenvalue weighted by Gasteiger charge is -2.08. The molecule has 1 heterocycles. The fourth-order valence-electron chi connectivity index (χ4n) is 1.19. The third-order valence-electron chi connectivity index (χ3n) is 2.08. The highest BCUT2D eigenvalue weighted by molar-refractivity contribution is 9.10. The SMILES string of the molecule is Cc1cc(Br)c(NC(=O)c2cnns2)cc1Cl. The Balaban J connectivity index is 2.25. The highest BCUT2D eigenvalue weighted by Crippen LogP contribution is 2.29. The first-order valence-corrected chi connectivity index (χ1v) is 6.56. The quantitative estimate of drug-likeness (QED) is 0.915. The molecule has 1 aromatic heterocycles. The summed E-state index contributed by atoms with van der Waals surface area (Å²) in [6, 6.07) is 3.55. The van der Waals surface area contributed by atoms with Crippen molar-refractivity contribution in [3.63, 3.8) is 0 Å². The molecule has 0 atom stereocenters. The van der Waals surface area contributed by atoms with E-state index in [2.05, 4.69) is 30.8 Å². The van der Waals surface area contributed by atoms with Crippen molar-refractivity contribution in [1.29, 1.82) is 0 Å². The van der Waals surface area contributed by atoms with Crippen LogP contribution in [0.4, 0.5) is 5.69 Å². The molecular formula is C10H7BrClN3OS. The maximum atomic E-state index is 11.8. The molecule has 2 rings (SSSR count). The van der Waals surface area contributed by atoms with Crippen LogP contribution in [0, 0.1) is 6.92 Å². The van der Waals surface area contributed by atoms with Gasteiger partial charge in [-0.2, -0.15) is 0 Å². The van der Waals surface area contributed by atoms with Crippen molar-refractivity contribution in [3.8, 4) is 0 Å². The van der Waals surface area contributed by atoms with E-state index in [4.69, 9.17) is 11.6 Å². The van der Waals surface area contributed by atoms with Gasteiger partial charge >= 0.3 is 0 Å². The van der Waals surface area contributed by atoms with E-state index in [1.165, 1.54) is 6.20 Å². The first kappa shape index (κ1) is 12.5. The Labute approximate surface area is 115 Å². The van der Waals surface area contributed by atoms with Crippen molar-refractivity contribution in [2.45, 2.75) is 6.92 Å².